The summed E-state index contributed by atoms with van der Waals surface area (Å²) in [5, 5.41) is 2.50. The van der Waals surface area contributed by atoms with E-state index in [0.717, 1.165) is 11.1 Å². The number of halogens is 6. The SMILES string of the molecule is CC(C)C1=C(c2c(F)cc(F)cc2F)NC(=O)CC1.CCN1C(=O)CCC(C(C)C)=C1c1c(F)cc(F)cc1F. The fourth-order valence-corrected chi connectivity index (χ4v) is 4.99. The fraction of sp³-hybridized carbons (Fsp3) is 0.400. The summed E-state index contributed by atoms with van der Waals surface area (Å²) in [6, 6.07) is 2.53. The van der Waals surface area contributed by atoms with Gasteiger partial charge in [-0.15, -0.1) is 0 Å². The maximum Gasteiger partial charge on any atom is 0.227 e. The van der Waals surface area contributed by atoms with Gasteiger partial charge in [-0.1, -0.05) is 27.7 Å². The average molecular weight is 567 g/mol. The Kier molecular flexibility index (Phi) is 9.87. The summed E-state index contributed by atoms with van der Waals surface area (Å²) < 4.78 is 81.9. The van der Waals surface area contributed by atoms with E-state index >= 15 is 0 Å². The van der Waals surface area contributed by atoms with Crippen LogP contribution in [0, 0.1) is 46.7 Å². The molecule has 4 nitrogen and oxygen atoms in total. The monoisotopic (exact) mass is 566 g/mol. The lowest BCUT2D eigenvalue weighted by molar-refractivity contribution is -0.128. The number of amides is 2. The van der Waals surface area contributed by atoms with Crippen LogP contribution < -0.4 is 5.32 Å². The van der Waals surface area contributed by atoms with Gasteiger partial charge in [-0.05, 0) is 42.7 Å². The third kappa shape index (κ3) is 6.59. The van der Waals surface area contributed by atoms with Crippen LogP contribution in [0.25, 0.3) is 11.4 Å². The maximum absolute atomic E-state index is 14.1. The number of hydrogen-bond donors (Lipinski definition) is 1. The van der Waals surface area contributed by atoms with Gasteiger partial charge < -0.3 is 10.2 Å². The molecule has 2 heterocycles. The highest BCUT2D eigenvalue weighted by Crippen LogP contribution is 2.37. The van der Waals surface area contributed by atoms with E-state index < -0.39 is 34.9 Å². The molecule has 216 valence electrons. The van der Waals surface area contributed by atoms with Gasteiger partial charge in [0.25, 0.3) is 0 Å². The Morgan fingerprint density at radius 1 is 0.700 bits per heavy atom. The maximum atomic E-state index is 14.1. The van der Waals surface area contributed by atoms with E-state index in [4.69, 9.17) is 0 Å². The van der Waals surface area contributed by atoms with Gasteiger partial charge in [0.15, 0.2) is 0 Å². The molecule has 0 atom stereocenters. The zero-order valence-electron chi connectivity index (χ0n) is 23.0. The van der Waals surface area contributed by atoms with Crippen molar-refractivity contribution < 1.29 is 35.9 Å². The number of carbonyl (C=O) groups excluding carboxylic acids is 2. The van der Waals surface area contributed by atoms with Crippen LogP contribution in [0.2, 0.25) is 0 Å². The molecule has 2 aliphatic heterocycles. The second-order valence-corrected chi connectivity index (χ2v) is 10.3. The lowest BCUT2D eigenvalue weighted by Crippen LogP contribution is -2.35. The molecule has 0 fully saturated rings. The van der Waals surface area contributed by atoms with Crippen molar-refractivity contribution in [2.24, 2.45) is 11.8 Å². The molecule has 0 aromatic heterocycles. The first-order valence-electron chi connectivity index (χ1n) is 13.1. The molecule has 0 aliphatic carbocycles. The fourth-order valence-electron chi connectivity index (χ4n) is 4.99. The number of benzene rings is 2. The number of hydrogen-bond acceptors (Lipinski definition) is 2. The van der Waals surface area contributed by atoms with Crippen molar-refractivity contribution >= 4 is 23.2 Å². The molecule has 2 aromatic rings. The van der Waals surface area contributed by atoms with Gasteiger partial charge in [0.2, 0.25) is 11.8 Å². The molecule has 1 N–H and O–H groups in total. The van der Waals surface area contributed by atoms with E-state index in [2.05, 4.69) is 5.32 Å². The van der Waals surface area contributed by atoms with Crippen LogP contribution in [0.15, 0.2) is 35.4 Å². The van der Waals surface area contributed by atoms with Crippen LogP contribution in [0.3, 0.4) is 0 Å². The lowest BCUT2D eigenvalue weighted by Gasteiger charge is -2.33. The zero-order chi connectivity index (χ0) is 29.9. The number of rotatable bonds is 5. The number of nitrogens with zero attached hydrogens (tertiary/aromatic N) is 1. The minimum Gasteiger partial charge on any atom is -0.325 e. The molecule has 2 aromatic carbocycles. The van der Waals surface area contributed by atoms with Crippen molar-refractivity contribution in [3.8, 4) is 0 Å². The van der Waals surface area contributed by atoms with Crippen LogP contribution in [0.5, 0.6) is 0 Å². The Balaban J connectivity index is 0.000000222. The van der Waals surface area contributed by atoms with E-state index in [1.807, 2.05) is 27.7 Å². The topological polar surface area (TPSA) is 49.4 Å². The predicted octanol–water partition coefficient (Wildman–Crippen LogP) is 7.49. The smallest absolute Gasteiger partial charge is 0.227 e. The largest absolute Gasteiger partial charge is 0.325 e. The van der Waals surface area contributed by atoms with Crippen molar-refractivity contribution in [2.45, 2.75) is 60.3 Å². The minimum atomic E-state index is -1.01. The molecule has 40 heavy (non-hydrogen) atoms. The van der Waals surface area contributed by atoms with Crippen molar-refractivity contribution in [3.63, 3.8) is 0 Å². The molecular weight excluding hydrogens is 534 g/mol. The Morgan fingerprint density at radius 3 is 1.60 bits per heavy atom. The molecule has 2 aliphatic rings. The van der Waals surface area contributed by atoms with Gasteiger partial charge in [-0.2, -0.15) is 0 Å². The highest BCUT2D eigenvalue weighted by molar-refractivity contribution is 5.91. The quantitative estimate of drug-likeness (QED) is 0.381. The Labute approximate surface area is 229 Å². The Hall–Kier alpha value is -3.56. The first kappa shape index (κ1) is 31.0. The zero-order valence-corrected chi connectivity index (χ0v) is 23.0. The summed E-state index contributed by atoms with van der Waals surface area (Å²) in [6.45, 7) is 9.66. The third-order valence-corrected chi connectivity index (χ3v) is 6.90. The molecule has 0 radical (unpaired) electrons. The summed E-state index contributed by atoms with van der Waals surface area (Å²) in [5.41, 5.74) is 1.32. The van der Waals surface area contributed by atoms with E-state index in [1.165, 1.54) is 4.90 Å². The predicted molar refractivity (Wildman–Crippen MR) is 140 cm³/mol. The van der Waals surface area contributed by atoms with E-state index in [9.17, 15) is 35.9 Å². The molecule has 0 unspecified atom stereocenters. The van der Waals surface area contributed by atoms with Crippen LogP contribution in [0.1, 0.15) is 71.4 Å². The van der Waals surface area contributed by atoms with Crippen molar-refractivity contribution in [1.29, 1.82) is 0 Å². The molecule has 0 saturated heterocycles. The van der Waals surface area contributed by atoms with Gasteiger partial charge in [0.1, 0.15) is 34.9 Å². The van der Waals surface area contributed by atoms with Crippen LogP contribution in [-0.2, 0) is 9.59 Å². The average Bonchev–Trinajstić information content (AvgIpc) is 2.83. The minimum absolute atomic E-state index is 0.0412. The third-order valence-electron chi connectivity index (χ3n) is 6.90. The molecule has 0 saturated carbocycles. The standard InChI is InChI=1S/C16H18F3NO.C14H14F3NO/c1-4-20-14(21)6-5-11(9(2)3)16(20)15-12(18)7-10(17)8-13(15)19;1-7(2)9-3-4-12(19)18-14(9)13-10(16)5-8(15)6-11(13)17/h7-9H,4-6H2,1-3H3;5-7H,3-4H2,1-2H3,(H,18,19). The molecule has 0 spiro atoms. The normalized spacial score (nSPS) is 16.1. The highest BCUT2D eigenvalue weighted by Gasteiger charge is 2.31. The van der Waals surface area contributed by atoms with Crippen molar-refractivity contribution in [2.75, 3.05) is 6.54 Å². The van der Waals surface area contributed by atoms with E-state index in [-0.39, 0.29) is 46.2 Å². The van der Waals surface area contributed by atoms with Gasteiger partial charge >= 0.3 is 0 Å². The summed E-state index contributed by atoms with van der Waals surface area (Å²) in [7, 11) is 0. The number of carbonyl (C=O) groups is 2. The number of nitrogens with one attached hydrogen (secondary N) is 1. The van der Waals surface area contributed by atoms with Gasteiger partial charge in [0, 0.05) is 43.7 Å². The molecule has 4 rings (SSSR count). The first-order valence-corrected chi connectivity index (χ1v) is 13.1. The second-order valence-electron chi connectivity index (χ2n) is 10.3. The van der Waals surface area contributed by atoms with Crippen molar-refractivity contribution in [1.82, 2.24) is 10.2 Å². The Morgan fingerprint density at radius 2 is 1.15 bits per heavy atom. The lowest BCUT2D eigenvalue weighted by atomic mass is 9.89. The van der Waals surface area contributed by atoms with Crippen LogP contribution in [-0.4, -0.2) is 23.3 Å². The van der Waals surface area contributed by atoms with Gasteiger partial charge in [-0.3, -0.25) is 9.59 Å². The molecule has 10 heteroatoms. The summed E-state index contributed by atoms with van der Waals surface area (Å²) in [5.74, 6) is -6.28. The van der Waals surface area contributed by atoms with Crippen molar-refractivity contribution in [3.05, 3.63) is 81.4 Å². The second kappa shape index (κ2) is 12.7. The number of allylic oxidation sites excluding steroid dienone is 2. The van der Waals surface area contributed by atoms with Gasteiger partial charge in [0.05, 0.1) is 22.5 Å². The van der Waals surface area contributed by atoms with Gasteiger partial charge in [-0.25, -0.2) is 26.3 Å². The summed E-state index contributed by atoms with van der Waals surface area (Å²) in [6.07, 6.45) is 1.55. The summed E-state index contributed by atoms with van der Waals surface area (Å²) in [4.78, 5) is 24.9. The molecule has 2 amide bonds. The van der Waals surface area contributed by atoms with E-state index in [1.54, 1.807) is 6.92 Å². The van der Waals surface area contributed by atoms with Crippen LogP contribution >= 0.6 is 0 Å². The highest BCUT2D eigenvalue weighted by atomic mass is 19.2. The van der Waals surface area contributed by atoms with Crippen LogP contribution in [0.4, 0.5) is 26.3 Å². The summed E-state index contributed by atoms with van der Waals surface area (Å²) >= 11 is 0. The Bertz CT molecular complexity index is 1330. The molecular formula is C30H32F6N2O2. The molecule has 0 bridgehead atoms. The first-order chi connectivity index (χ1) is 18.8. The van der Waals surface area contributed by atoms with E-state index in [0.29, 0.717) is 56.5 Å².